The summed E-state index contributed by atoms with van der Waals surface area (Å²) in [4.78, 5) is 19.8. The van der Waals surface area contributed by atoms with E-state index in [1.807, 2.05) is 0 Å². The van der Waals surface area contributed by atoms with E-state index in [9.17, 15) is 18.0 Å². The average Bonchev–Trinajstić information content (AvgIpc) is 3.31. The molecule has 8 heteroatoms. The normalized spacial score (nSPS) is 14.4. The minimum absolute atomic E-state index is 0.0647. The lowest BCUT2D eigenvalue weighted by Crippen LogP contribution is -2.26. The molecule has 1 saturated carbocycles. The second kappa shape index (κ2) is 5.86. The van der Waals surface area contributed by atoms with Gasteiger partial charge in [0.2, 0.25) is 5.95 Å². The molecule has 1 aromatic heterocycles. The zero-order valence-electron chi connectivity index (χ0n) is 11.9. The van der Waals surface area contributed by atoms with Crippen LogP contribution in [0, 0.1) is 0 Å². The number of halogens is 3. The van der Waals surface area contributed by atoms with Gasteiger partial charge >= 0.3 is 6.18 Å². The predicted molar refractivity (Wildman–Crippen MR) is 77.2 cm³/mol. The molecule has 1 fully saturated rings. The minimum Gasteiger partial charge on any atom is -0.348 e. The molecule has 2 N–H and O–H groups in total. The fourth-order valence-corrected chi connectivity index (χ4v) is 1.99. The Morgan fingerprint density at radius 2 is 1.91 bits per heavy atom. The zero-order chi connectivity index (χ0) is 16.4. The van der Waals surface area contributed by atoms with Crippen molar-refractivity contribution in [2.45, 2.75) is 25.1 Å². The third kappa shape index (κ3) is 3.77. The second-order valence-corrected chi connectivity index (χ2v) is 5.18. The Balaban J connectivity index is 1.82. The molecule has 0 aliphatic heterocycles. The number of nitrogens with one attached hydrogen (secondary N) is 2. The number of rotatable bonds is 4. The van der Waals surface area contributed by atoms with Crippen molar-refractivity contribution in [1.29, 1.82) is 0 Å². The number of hydrogen-bond donors (Lipinski definition) is 2. The van der Waals surface area contributed by atoms with Gasteiger partial charge in [0.1, 0.15) is 5.69 Å². The summed E-state index contributed by atoms with van der Waals surface area (Å²) >= 11 is 0. The van der Waals surface area contributed by atoms with Gasteiger partial charge in [0.15, 0.2) is 0 Å². The van der Waals surface area contributed by atoms with Gasteiger partial charge in [0.25, 0.3) is 5.91 Å². The average molecular weight is 322 g/mol. The van der Waals surface area contributed by atoms with Crippen molar-refractivity contribution in [1.82, 2.24) is 15.3 Å². The monoisotopic (exact) mass is 322 g/mol. The number of nitrogens with zero attached hydrogens (tertiary/aromatic N) is 2. The highest BCUT2D eigenvalue weighted by Crippen LogP contribution is 2.35. The Hall–Kier alpha value is -2.64. The summed E-state index contributed by atoms with van der Waals surface area (Å²) in [6.45, 7) is 0. The molecule has 1 amide bonds. The third-order valence-corrected chi connectivity index (χ3v) is 3.28. The predicted octanol–water partition coefficient (Wildman–Crippen LogP) is 3.13. The van der Waals surface area contributed by atoms with Crippen LogP contribution in [0.2, 0.25) is 0 Å². The molecular formula is C15H13F3N4O. The summed E-state index contributed by atoms with van der Waals surface area (Å²) in [5, 5.41) is 5.28. The molecule has 0 radical (unpaired) electrons. The smallest absolute Gasteiger partial charge is 0.348 e. The second-order valence-electron chi connectivity index (χ2n) is 5.18. The maximum absolute atomic E-state index is 13.0. The van der Waals surface area contributed by atoms with Crippen molar-refractivity contribution in [2.75, 3.05) is 5.32 Å². The number of carbonyl (C=O) groups excluding carboxylic acids is 1. The van der Waals surface area contributed by atoms with E-state index in [1.54, 1.807) is 0 Å². The summed E-state index contributed by atoms with van der Waals surface area (Å²) in [5.41, 5.74) is -0.880. The molecular weight excluding hydrogens is 309 g/mol. The highest BCUT2D eigenvalue weighted by molar-refractivity contribution is 5.92. The van der Waals surface area contributed by atoms with E-state index in [1.165, 1.54) is 30.5 Å². The number of carbonyl (C=O) groups is 1. The van der Waals surface area contributed by atoms with Gasteiger partial charge in [0.05, 0.1) is 11.3 Å². The van der Waals surface area contributed by atoms with Crippen LogP contribution in [0.25, 0.3) is 0 Å². The number of aromatic nitrogens is 2. The quantitative estimate of drug-likeness (QED) is 0.907. The molecule has 1 heterocycles. The number of para-hydroxylation sites is 1. The molecule has 5 nitrogen and oxygen atoms in total. The van der Waals surface area contributed by atoms with Crippen LogP contribution in [0.15, 0.2) is 36.5 Å². The Kier molecular flexibility index (Phi) is 3.89. The van der Waals surface area contributed by atoms with Crippen molar-refractivity contribution in [3.63, 3.8) is 0 Å². The molecule has 0 atom stereocenters. The van der Waals surface area contributed by atoms with Gasteiger partial charge in [-0.3, -0.25) is 4.79 Å². The van der Waals surface area contributed by atoms with Gasteiger partial charge in [-0.05, 0) is 31.0 Å². The van der Waals surface area contributed by atoms with Crippen LogP contribution in [0.5, 0.6) is 0 Å². The van der Waals surface area contributed by atoms with E-state index in [0.29, 0.717) is 0 Å². The summed E-state index contributed by atoms with van der Waals surface area (Å²) in [5.74, 6) is -0.424. The lowest BCUT2D eigenvalue weighted by atomic mass is 10.1. The van der Waals surface area contributed by atoms with E-state index in [2.05, 4.69) is 20.6 Å². The van der Waals surface area contributed by atoms with Crippen LogP contribution in [0.3, 0.4) is 0 Å². The van der Waals surface area contributed by atoms with Gasteiger partial charge in [0, 0.05) is 12.2 Å². The zero-order valence-corrected chi connectivity index (χ0v) is 11.9. The number of amides is 1. The van der Waals surface area contributed by atoms with E-state index in [4.69, 9.17) is 0 Å². The van der Waals surface area contributed by atoms with Crippen molar-refractivity contribution >= 4 is 17.5 Å². The molecule has 23 heavy (non-hydrogen) atoms. The standard InChI is InChI=1S/C15H13F3N4O/c16-15(17,18)10-3-1-2-4-11(10)21-14-19-8-7-12(22-14)13(23)20-9-5-6-9/h1-4,7-9H,5-6H2,(H,20,23)(H,19,21,22). The molecule has 1 aromatic carbocycles. The molecule has 1 aliphatic rings. The van der Waals surface area contributed by atoms with Crippen molar-refractivity contribution in [2.24, 2.45) is 0 Å². The largest absolute Gasteiger partial charge is 0.418 e. The first-order chi connectivity index (χ1) is 10.9. The molecule has 120 valence electrons. The van der Waals surface area contributed by atoms with Crippen LogP contribution < -0.4 is 10.6 Å². The molecule has 0 bridgehead atoms. The number of benzene rings is 1. The Bertz CT molecular complexity index is 729. The van der Waals surface area contributed by atoms with Crippen molar-refractivity contribution in [3.8, 4) is 0 Å². The summed E-state index contributed by atoms with van der Waals surface area (Å²) in [6.07, 6.45) is -1.31. The SMILES string of the molecule is O=C(NC1CC1)c1ccnc(Nc2ccccc2C(F)(F)F)n1. The first kappa shape index (κ1) is 15.3. The van der Waals surface area contributed by atoms with Crippen LogP contribution in [0.4, 0.5) is 24.8 Å². The van der Waals surface area contributed by atoms with E-state index in [0.717, 1.165) is 18.9 Å². The number of hydrogen-bond acceptors (Lipinski definition) is 4. The summed E-state index contributed by atoms with van der Waals surface area (Å²) in [7, 11) is 0. The van der Waals surface area contributed by atoms with E-state index >= 15 is 0 Å². The highest BCUT2D eigenvalue weighted by Gasteiger charge is 2.33. The fraction of sp³-hybridized carbons (Fsp3) is 0.267. The molecule has 1 aliphatic carbocycles. The third-order valence-electron chi connectivity index (χ3n) is 3.28. The van der Waals surface area contributed by atoms with Gasteiger partial charge < -0.3 is 10.6 Å². The van der Waals surface area contributed by atoms with Crippen molar-refractivity contribution < 1.29 is 18.0 Å². The molecule has 0 spiro atoms. The minimum atomic E-state index is -4.50. The number of anilines is 2. The first-order valence-corrected chi connectivity index (χ1v) is 7.00. The fourth-order valence-electron chi connectivity index (χ4n) is 1.99. The first-order valence-electron chi connectivity index (χ1n) is 7.00. The van der Waals surface area contributed by atoms with Crippen molar-refractivity contribution in [3.05, 3.63) is 47.8 Å². The molecule has 3 rings (SSSR count). The van der Waals surface area contributed by atoms with Gasteiger partial charge in [-0.1, -0.05) is 12.1 Å². The van der Waals surface area contributed by atoms with E-state index < -0.39 is 11.7 Å². The summed E-state index contributed by atoms with van der Waals surface area (Å²) < 4.78 is 38.9. The Morgan fingerprint density at radius 3 is 2.61 bits per heavy atom. The Morgan fingerprint density at radius 1 is 1.17 bits per heavy atom. The van der Waals surface area contributed by atoms with Gasteiger partial charge in [-0.2, -0.15) is 13.2 Å². The number of alkyl halides is 3. The van der Waals surface area contributed by atoms with Gasteiger partial charge in [-0.25, -0.2) is 9.97 Å². The molecule has 0 unspecified atom stereocenters. The topological polar surface area (TPSA) is 66.9 Å². The lowest BCUT2D eigenvalue weighted by molar-refractivity contribution is -0.136. The Labute approximate surface area is 130 Å². The van der Waals surface area contributed by atoms with Crippen LogP contribution >= 0.6 is 0 Å². The molecule has 0 saturated heterocycles. The van der Waals surface area contributed by atoms with Crippen LogP contribution in [-0.4, -0.2) is 21.9 Å². The highest BCUT2D eigenvalue weighted by atomic mass is 19.4. The maximum Gasteiger partial charge on any atom is 0.418 e. The van der Waals surface area contributed by atoms with E-state index in [-0.39, 0.29) is 29.3 Å². The van der Waals surface area contributed by atoms with Gasteiger partial charge in [-0.15, -0.1) is 0 Å². The maximum atomic E-state index is 13.0. The van der Waals surface area contributed by atoms with Crippen LogP contribution in [-0.2, 0) is 6.18 Å². The lowest BCUT2D eigenvalue weighted by Gasteiger charge is -2.13. The summed E-state index contributed by atoms with van der Waals surface area (Å²) in [6, 6.07) is 6.60. The van der Waals surface area contributed by atoms with Crippen LogP contribution in [0.1, 0.15) is 28.9 Å². The molecule has 2 aromatic rings.